The van der Waals surface area contributed by atoms with Crippen LogP contribution < -0.4 is 11.1 Å². The number of halogens is 3. The highest BCUT2D eigenvalue weighted by Gasteiger charge is 2.30. The van der Waals surface area contributed by atoms with Gasteiger partial charge in [-0.05, 0) is 54.8 Å². The summed E-state index contributed by atoms with van der Waals surface area (Å²) in [5.74, 6) is 0. The Kier molecular flexibility index (Phi) is 4.78. The Morgan fingerprint density at radius 3 is 2.19 bits per heavy atom. The fourth-order valence-corrected chi connectivity index (χ4v) is 2.97. The lowest BCUT2D eigenvalue weighted by Gasteiger charge is -2.12. The predicted octanol–water partition coefficient (Wildman–Crippen LogP) is 3.68. The van der Waals surface area contributed by atoms with Gasteiger partial charge in [-0.3, -0.25) is 14.2 Å². The SMILES string of the molecule is Cc1cc(C)cc(-n2ccn(Cc3cccc(C(F)(F)F)c3)c(=O)c2=O)c1. The number of rotatable bonds is 3. The molecule has 0 spiro atoms. The van der Waals surface area contributed by atoms with Crippen molar-refractivity contribution in [2.45, 2.75) is 26.6 Å². The van der Waals surface area contributed by atoms with Crippen LogP contribution in [-0.2, 0) is 12.7 Å². The second-order valence-corrected chi connectivity index (χ2v) is 6.45. The summed E-state index contributed by atoms with van der Waals surface area (Å²) in [6, 6.07) is 10.2. The summed E-state index contributed by atoms with van der Waals surface area (Å²) >= 11 is 0. The minimum atomic E-state index is -4.46. The van der Waals surface area contributed by atoms with E-state index in [1.807, 2.05) is 19.9 Å². The van der Waals surface area contributed by atoms with Crippen LogP contribution in [0.5, 0.6) is 0 Å². The van der Waals surface area contributed by atoms with Crippen LogP contribution in [0, 0.1) is 13.8 Å². The normalized spacial score (nSPS) is 11.6. The minimum Gasteiger partial charge on any atom is -0.305 e. The number of hydrogen-bond acceptors (Lipinski definition) is 2. The fraction of sp³-hybridized carbons (Fsp3) is 0.200. The molecule has 0 aliphatic rings. The number of benzene rings is 2. The van der Waals surface area contributed by atoms with Gasteiger partial charge in [0.1, 0.15) is 0 Å². The smallest absolute Gasteiger partial charge is 0.305 e. The van der Waals surface area contributed by atoms with E-state index in [2.05, 4.69) is 0 Å². The topological polar surface area (TPSA) is 44.0 Å². The van der Waals surface area contributed by atoms with E-state index in [0.29, 0.717) is 5.69 Å². The van der Waals surface area contributed by atoms with E-state index in [1.165, 1.54) is 29.1 Å². The zero-order chi connectivity index (χ0) is 19.8. The first-order valence-corrected chi connectivity index (χ1v) is 8.22. The molecular weight excluding hydrogens is 357 g/mol. The van der Waals surface area contributed by atoms with Gasteiger partial charge in [-0.2, -0.15) is 13.2 Å². The van der Waals surface area contributed by atoms with Crippen molar-refractivity contribution in [3.63, 3.8) is 0 Å². The molecule has 0 atom stereocenters. The molecule has 0 saturated carbocycles. The lowest BCUT2D eigenvalue weighted by atomic mass is 10.1. The van der Waals surface area contributed by atoms with Crippen molar-refractivity contribution in [1.82, 2.24) is 9.13 Å². The Hall–Kier alpha value is -3.09. The molecule has 0 fully saturated rings. The second kappa shape index (κ2) is 6.90. The largest absolute Gasteiger partial charge is 0.416 e. The number of aryl methyl sites for hydroxylation is 2. The summed E-state index contributed by atoms with van der Waals surface area (Å²) in [5.41, 5.74) is 0.409. The standard InChI is InChI=1S/C20H17F3N2O2/c1-13-8-14(2)10-17(9-13)25-7-6-24(18(26)19(25)27)12-15-4-3-5-16(11-15)20(21,22)23/h3-11H,12H2,1-2H3. The van der Waals surface area contributed by atoms with Crippen LogP contribution >= 0.6 is 0 Å². The van der Waals surface area contributed by atoms with Crippen LogP contribution in [-0.4, -0.2) is 9.13 Å². The molecule has 4 nitrogen and oxygen atoms in total. The zero-order valence-electron chi connectivity index (χ0n) is 14.7. The number of nitrogens with zero attached hydrogens (tertiary/aromatic N) is 2. The monoisotopic (exact) mass is 374 g/mol. The quantitative estimate of drug-likeness (QED) is 0.657. The van der Waals surface area contributed by atoms with Crippen molar-refractivity contribution in [2.24, 2.45) is 0 Å². The molecule has 7 heteroatoms. The Bertz CT molecular complexity index is 1090. The molecule has 0 saturated heterocycles. The van der Waals surface area contributed by atoms with Gasteiger partial charge in [0.05, 0.1) is 12.1 Å². The Labute approximate surface area is 153 Å². The molecular formula is C20H17F3N2O2. The van der Waals surface area contributed by atoms with Crippen molar-refractivity contribution in [3.05, 3.63) is 97.8 Å². The van der Waals surface area contributed by atoms with E-state index in [-0.39, 0.29) is 12.1 Å². The molecule has 1 aromatic heterocycles. The summed E-state index contributed by atoms with van der Waals surface area (Å²) < 4.78 is 40.9. The molecule has 0 bridgehead atoms. The van der Waals surface area contributed by atoms with E-state index >= 15 is 0 Å². The number of hydrogen-bond donors (Lipinski definition) is 0. The minimum absolute atomic E-state index is 0.119. The third-order valence-electron chi connectivity index (χ3n) is 4.15. The molecule has 3 aromatic rings. The van der Waals surface area contributed by atoms with Gasteiger partial charge in [-0.1, -0.05) is 18.2 Å². The first-order chi connectivity index (χ1) is 12.6. The van der Waals surface area contributed by atoms with Crippen molar-refractivity contribution in [3.8, 4) is 5.69 Å². The van der Waals surface area contributed by atoms with Crippen molar-refractivity contribution < 1.29 is 13.2 Å². The summed E-state index contributed by atoms with van der Waals surface area (Å²) in [4.78, 5) is 24.9. The van der Waals surface area contributed by atoms with E-state index in [1.54, 1.807) is 12.1 Å². The van der Waals surface area contributed by atoms with Crippen LogP contribution in [0.15, 0.2) is 64.4 Å². The van der Waals surface area contributed by atoms with Crippen LogP contribution in [0.4, 0.5) is 13.2 Å². The molecule has 2 aromatic carbocycles. The van der Waals surface area contributed by atoms with E-state index in [4.69, 9.17) is 0 Å². The first kappa shape index (κ1) is 18.7. The van der Waals surface area contributed by atoms with Gasteiger partial charge in [0.15, 0.2) is 0 Å². The van der Waals surface area contributed by atoms with E-state index < -0.39 is 22.9 Å². The molecule has 1 heterocycles. The summed E-state index contributed by atoms with van der Waals surface area (Å²) in [5, 5.41) is 0. The lowest BCUT2D eigenvalue weighted by molar-refractivity contribution is -0.137. The van der Waals surface area contributed by atoms with Crippen LogP contribution in [0.2, 0.25) is 0 Å². The molecule has 0 aliphatic carbocycles. The van der Waals surface area contributed by atoms with Gasteiger partial charge in [0.2, 0.25) is 0 Å². The molecule has 140 valence electrons. The van der Waals surface area contributed by atoms with Crippen molar-refractivity contribution in [2.75, 3.05) is 0 Å². The highest BCUT2D eigenvalue weighted by atomic mass is 19.4. The van der Waals surface area contributed by atoms with E-state index in [0.717, 1.165) is 27.8 Å². The maximum atomic E-state index is 12.8. The highest BCUT2D eigenvalue weighted by molar-refractivity contribution is 5.39. The fourth-order valence-electron chi connectivity index (χ4n) is 2.97. The maximum Gasteiger partial charge on any atom is 0.416 e. The summed E-state index contributed by atoms with van der Waals surface area (Å²) in [6.45, 7) is 3.65. The van der Waals surface area contributed by atoms with E-state index in [9.17, 15) is 22.8 Å². The van der Waals surface area contributed by atoms with Gasteiger partial charge in [0, 0.05) is 18.1 Å². The number of aromatic nitrogens is 2. The number of alkyl halides is 3. The van der Waals surface area contributed by atoms with Gasteiger partial charge < -0.3 is 4.57 Å². The Morgan fingerprint density at radius 2 is 1.56 bits per heavy atom. The lowest BCUT2D eigenvalue weighted by Crippen LogP contribution is -2.40. The van der Waals surface area contributed by atoms with Crippen LogP contribution in [0.1, 0.15) is 22.3 Å². The molecule has 0 N–H and O–H groups in total. The third kappa shape index (κ3) is 4.02. The van der Waals surface area contributed by atoms with Gasteiger partial charge in [0.25, 0.3) is 0 Å². The molecule has 27 heavy (non-hydrogen) atoms. The van der Waals surface area contributed by atoms with Gasteiger partial charge >= 0.3 is 17.3 Å². The molecule has 0 amide bonds. The van der Waals surface area contributed by atoms with Crippen molar-refractivity contribution >= 4 is 0 Å². The van der Waals surface area contributed by atoms with Gasteiger partial charge in [-0.25, -0.2) is 0 Å². The third-order valence-corrected chi connectivity index (χ3v) is 4.15. The van der Waals surface area contributed by atoms with Crippen LogP contribution in [0.3, 0.4) is 0 Å². The Balaban J connectivity index is 1.99. The summed E-state index contributed by atoms with van der Waals surface area (Å²) in [6.07, 6.45) is -1.61. The molecule has 3 rings (SSSR count). The predicted molar refractivity (Wildman–Crippen MR) is 96.3 cm³/mol. The first-order valence-electron chi connectivity index (χ1n) is 8.22. The van der Waals surface area contributed by atoms with Crippen LogP contribution in [0.25, 0.3) is 5.69 Å². The maximum absolute atomic E-state index is 12.8. The zero-order valence-corrected chi connectivity index (χ0v) is 14.7. The summed E-state index contributed by atoms with van der Waals surface area (Å²) in [7, 11) is 0. The second-order valence-electron chi connectivity index (χ2n) is 6.45. The molecule has 0 unspecified atom stereocenters. The average molecular weight is 374 g/mol. The highest BCUT2D eigenvalue weighted by Crippen LogP contribution is 2.29. The molecule has 0 aliphatic heterocycles. The average Bonchev–Trinajstić information content (AvgIpc) is 2.58. The van der Waals surface area contributed by atoms with Gasteiger partial charge in [-0.15, -0.1) is 0 Å². The van der Waals surface area contributed by atoms with Crippen molar-refractivity contribution in [1.29, 1.82) is 0 Å². The molecule has 0 radical (unpaired) electrons. The Morgan fingerprint density at radius 1 is 0.889 bits per heavy atom.